The number of rotatable bonds is 5. The van der Waals surface area contributed by atoms with E-state index in [4.69, 9.17) is 4.74 Å². The van der Waals surface area contributed by atoms with Crippen LogP contribution in [0, 0.1) is 0 Å². The Balaban J connectivity index is 1.90. The van der Waals surface area contributed by atoms with Crippen molar-refractivity contribution in [2.75, 3.05) is 13.2 Å². The summed E-state index contributed by atoms with van der Waals surface area (Å²) < 4.78 is 7.37. The van der Waals surface area contributed by atoms with Crippen LogP contribution >= 0.6 is 0 Å². The number of hydrogen-bond acceptors (Lipinski definition) is 4. The number of nitrogens with zero attached hydrogens (tertiary/aromatic N) is 3. The molecular weight excluding hydrogens is 216 g/mol. The first-order valence-corrected chi connectivity index (χ1v) is 6.43. The minimum Gasteiger partial charge on any atom is -0.381 e. The fourth-order valence-electron chi connectivity index (χ4n) is 2.11. The number of aryl methyl sites for hydroxylation is 1. The highest BCUT2D eigenvalue weighted by Crippen LogP contribution is 2.19. The van der Waals surface area contributed by atoms with Gasteiger partial charge in [-0.2, -0.15) is 5.10 Å². The lowest BCUT2D eigenvalue weighted by Gasteiger charge is -2.34. The molecule has 0 unspecified atom stereocenters. The van der Waals surface area contributed by atoms with Gasteiger partial charge in [0.2, 0.25) is 0 Å². The molecule has 1 aromatic heterocycles. The molecule has 2 heterocycles. The molecule has 1 N–H and O–H groups in total. The Morgan fingerprint density at radius 3 is 2.94 bits per heavy atom. The third-order valence-corrected chi connectivity index (χ3v) is 3.40. The standard InChI is InChI=1S/C12H22N4O/c1-3-6-16-11(13-10-15-16)9-14-12(2)4-7-17-8-5-12/h10,14H,3-9H2,1-2H3. The number of ether oxygens (including phenoxy) is 1. The first-order valence-electron chi connectivity index (χ1n) is 6.43. The zero-order valence-electron chi connectivity index (χ0n) is 10.8. The minimum atomic E-state index is 0.182. The monoisotopic (exact) mass is 238 g/mol. The van der Waals surface area contributed by atoms with Gasteiger partial charge < -0.3 is 10.1 Å². The third-order valence-electron chi connectivity index (χ3n) is 3.40. The van der Waals surface area contributed by atoms with Crippen molar-refractivity contribution in [1.29, 1.82) is 0 Å². The van der Waals surface area contributed by atoms with Crippen LogP contribution in [0.15, 0.2) is 6.33 Å². The van der Waals surface area contributed by atoms with Gasteiger partial charge in [-0.15, -0.1) is 0 Å². The Labute approximate surface area is 103 Å². The van der Waals surface area contributed by atoms with E-state index in [1.54, 1.807) is 6.33 Å². The summed E-state index contributed by atoms with van der Waals surface area (Å²) in [5, 5.41) is 7.83. The zero-order chi connectivity index (χ0) is 12.1. The second-order valence-corrected chi connectivity index (χ2v) is 4.93. The first kappa shape index (κ1) is 12.5. The number of aromatic nitrogens is 3. The predicted octanol–water partition coefficient (Wildman–Crippen LogP) is 1.35. The van der Waals surface area contributed by atoms with E-state index in [0.29, 0.717) is 0 Å². The zero-order valence-corrected chi connectivity index (χ0v) is 10.8. The summed E-state index contributed by atoms with van der Waals surface area (Å²) in [5.74, 6) is 1.03. The molecule has 0 bridgehead atoms. The van der Waals surface area contributed by atoms with Crippen molar-refractivity contribution in [1.82, 2.24) is 20.1 Å². The van der Waals surface area contributed by atoms with Crippen LogP contribution in [0.3, 0.4) is 0 Å². The first-order chi connectivity index (χ1) is 8.23. The van der Waals surface area contributed by atoms with E-state index < -0.39 is 0 Å². The van der Waals surface area contributed by atoms with Crippen LogP contribution in [-0.2, 0) is 17.8 Å². The number of hydrogen-bond donors (Lipinski definition) is 1. The van der Waals surface area contributed by atoms with Gasteiger partial charge in [-0.3, -0.25) is 0 Å². The molecule has 0 radical (unpaired) electrons. The molecule has 0 amide bonds. The predicted molar refractivity (Wildman–Crippen MR) is 65.6 cm³/mol. The summed E-state index contributed by atoms with van der Waals surface area (Å²) in [6.07, 6.45) is 4.85. The van der Waals surface area contributed by atoms with Crippen LogP contribution < -0.4 is 5.32 Å². The van der Waals surface area contributed by atoms with Gasteiger partial charge in [-0.1, -0.05) is 6.92 Å². The second-order valence-electron chi connectivity index (χ2n) is 4.93. The Hall–Kier alpha value is -0.940. The molecule has 5 heteroatoms. The van der Waals surface area contributed by atoms with Crippen LogP contribution in [0.5, 0.6) is 0 Å². The molecular formula is C12H22N4O. The Kier molecular flexibility index (Phi) is 4.12. The van der Waals surface area contributed by atoms with Crippen LogP contribution in [0.4, 0.5) is 0 Å². The average Bonchev–Trinajstić information content (AvgIpc) is 2.76. The highest BCUT2D eigenvalue weighted by Gasteiger charge is 2.26. The lowest BCUT2D eigenvalue weighted by Crippen LogP contribution is -2.46. The van der Waals surface area contributed by atoms with E-state index >= 15 is 0 Å². The van der Waals surface area contributed by atoms with Crippen LogP contribution in [0.2, 0.25) is 0 Å². The average molecular weight is 238 g/mol. The molecule has 1 fully saturated rings. The van der Waals surface area contributed by atoms with Crippen molar-refractivity contribution >= 4 is 0 Å². The largest absolute Gasteiger partial charge is 0.381 e. The van der Waals surface area contributed by atoms with Gasteiger partial charge in [0.1, 0.15) is 12.2 Å². The Bertz CT molecular complexity index is 344. The van der Waals surface area contributed by atoms with Gasteiger partial charge in [0.25, 0.3) is 0 Å². The SMILES string of the molecule is CCCn1ncnc1CNC1(C)CCOCC1. The maximum atomic E-state index is 5.39. The Morgan fingerprint density at radius 2 is 2.24 bits per heavy atom. The van der Waals surface area contributed by atoms with Crippen LogP contribution in [0.25, 0.3) is 0 Å². The molecule has 0 aliphatic carbocycles. The van der Waals surface area contributed by atoms with E-state index in [0.717, 1.165) is 51.4 Å². The third kappa shape index (κ3) is 3.26. The van der Waals surface area contributed by atoms with Crippen molar-refractivity contribution in [3.8, 4) is 0 Å². The van der Waals surface area contributed by atoms with Crippen LogP contribution in [0.1, 0.15) is 38.9 Å². The van der Waals surface area contributed by atoms with E-state index in [2.05, 4.69) is 29.2 Å². The fourth-order valence-corrected chi connectivity index (χ4v) is 2.11. The summed E-state index contributed by atoms with van der Waals surface area (Å²) in [6, 6.07) is 0. The topological polar surface area (TPSA) is 52.0 Å². The lowest BCUT2D eigenvalue weighted by molar-refractivity contribution is 0.0442. The van der Waals surface area contributed by atoms with Crippen LogP contribution in [-0.4, -0.2) is 33.5 Å². The summed E-state index contributed by atoms with van der Waals surface area (Å²) in [6.45, 7) is 7.85. The van der Waals surface area contributed by atoms with E-state index in [1.165, 1.54) is 0 Å². The van der Waals surface area contributed by atoms with Crippen molar-refractivity contribution in [3.63, 3.8) is 0 Å². The summed E-state index contributed by atoms with van der Waals surface area (Å²) in [5.41, 5.74) is 0.182. The molecule has 1 aliphatic heterocycles. The van der Waals surface area contributed by atoms with Crippen molar-refractivity contribution < 1.29 is 4.74 Å². The Morgan fingerprint density at radius 1 is 1.47 bits per heavy atom. The molecule has 2 rings (SSSR count). The highest BCUT2D eigenvalue weighted by atomic mass is 16.5. The van der Waals surface area contributed by atoms with Gasteiger partial charge in [-0.05, 0) is 26.2 Å². The molecule has 1 saturated heterocycles. The van der Waals surface area contributed by atoms with E-state index in [-0.39, 0.29) is 5.54 Å². The molecule has 0 saturated carbocycles. The quantitative estimate of drug-likeness (QED) is 0.841. The molecule has 1 aromatic rings. The second kappa shape index (κ2) is 5.60. The highest BCUT2D eigenvalue weighted by molar-refractivity contribution is 4.90. The maximum Gasteiger partial charge on any atom is 0.140 e. The molecule has 1 aliphatic rings. The minimum absolute atomic E-state index is 0.182. The van der Waals surface area contributed by atoms with Gasteiger partial charge in [0.05, 0.1) is 6.54 Å². The van der Waals surface area contributed by atoms with Gasteiger partial charge in [-0.25, -0.2) is 9.67 Å². The summed E-state index contributed by atoms with van der Waals surface area (Å²) in [7, 11) is 0. The summed E-state index contributed by atoms with van der Waals surface area (Å²) in [4.78, 5) is 4.31. The lowest BCUT2D eigenvalue weighted by atomic mass is 9.92. The molecule has 17 heavy (non-hydrogen) atoms. The van der Waals surface area contributed by atoms with E-state index in [9.17, 15) is 0 Å². The fraction of sp³-hybridized carbons (Fsp3) is 0.833. The molecule has 0 atom stereocenters. The molecule has 0 spiro atoms. The normalized spacial score (nSPS) is 19.4. The molecule has 0 aromatic carbocycles. The molecule has 5 nitrogen and oxygen atoms in total. The van der Waals surface area contributed by atoms with Crippen molar-refractivity contribution in [2.45, 2.75) is 51.7 Å². The van der Waals surface area contributed by atoms with Crippen molar-refractivity contribution in [2.24, 2.45) is 0 Å². The smallest absolute Gasteiger partial charge is 0.140 e. The number of nitrogens with one attached hydrogen (secondary N) is 1. The van der Waals surface area contributed by atoms with E-state index in [1.807, 2.05) is 4.68 Å². The molecule has 96 valence electrons. The maximum absolute atomic E-state index is 5.39. The van der Waals surface area contributed by atoms with Crippen molar-refractivity contribution in [3.05, 3.63) is 12.2 Å². The summed E-state index contributed by atoms with van der Waals surface area (Å²) >= 11 is 0. The van der Waals surface area contributed by atoms with Gasteiger partial charge in [0.15, 0.2) is 0 Å². The van der Waals surface area contributed by atoms with Gasteiger partial charge in [0, 0.05) is 25.3 Å². The van der Waals surface area contributed by atoms with Gasteiger partial charge >= 0.3 is 0 Å².